The van der Waals surface area contributed by atoms with Gasteiger partial charge >= 0.3 is 0 Å². The summed E-state index contributed by atoms with van der Waals surface area (Å²) in [5.74, 6) is 2.19. The van der Waals surface area contributed by atoms with Crippen molar-refractivity contribution in [2.24, 2.45) is 0 Å². The van der Waals surface area contributed by atoms with Gasteiger partial charge in [0.25, 0.3) is 0 Å². The van der Waals surface area contributed by atoms with Crippen LogP contribution >= 0.6 is 57.5 Å². The van der Waals surface area contributed by atoms with Crippen LogP contribution in [-0.2, 0) is 9.47 Å². The van der Waals surface area contributed by atoms with Crippen LogP contribution in [-0.4, -0.2) is 97.0 Å². The molecule has 0 aliphatic carbocycles. The summed E-state index contributed by atoms with van der Waals surface area (Å²) in [6.45, 7) is 9.84. The Kier molecular flexibility index (Phi) is 14.1. The van der Waals surface area contributed by atoms with Gasteiger partial charge in [-0.2, -0.15) is 0 Å². The summed E-state index contributed by atoms with van der Waals surface area (Å²) < 4.78 is 10.9. The second-order valence-electron chi connectivity index (χ2n) is 8.94. The molecule has 0 atom stereocenters. The van der Waals surface area contributed by atoms with Crippen LogP contribution < -0.4 is 0 Å². The number of halogens is 2. The third-order valence-corrected chi connectivity index (χ3v) is 8.51. The van der Waals surface area contributed by atoms with E-state index >= 15 is 0 Å². The average Bonchev–Trinajstić information content (AvgIpc) is 2.95. The van der Waals surface area contributed by atoms with Gasteiger partial charge < -0.3 is 9.47 Å². The predicted molar refractivity (Wildman–Crippen MR) is 170 cm³/mol. The van der Waals surface area contributed by atoms with Gasteiger partial charge in [0.2, 0.25) is 0 Å². The van der Waals surface area contributed by atoms with E-state index in [2.05, 4.69) is 74.4 Å². The second-order valence-corrected chi connectivity index (χ2v) is 11.3. The molecule has 38 heavy (non-hydrogen) atoms. The van der Waals surface area contributed by atoms with Crippen molar-refractivity contribution in [3.63, 3.8) is 0 Å². The Hall–Kier alpha value is -0.980. The van der Waals surface area contributed by atoms with Gasteiger partial charge in [-0.1, -0.05) is 24.3 Å². The fourth-order valence-electron chi connectivity index (χ4n) is 4.35. The molecule has 6 nitrogen and oxygen atoms in total. The number of ether oxygens (including phenoxy) is 2. The van der Waals surface area contributed by atoms with Gasteiger partial charge in [0.1, 0.15) is 6.33 Å². The van der Waals surface area contributed by atoms with E-state index in [1.165, 1.54) is 9.79 Å². The molecule has 0 bridgehead atoms. The number of nitrogens with zero attached hydrogens (tertiary/aromatic N) is 4. The van der Waals surface area contributed by atoms with Crippen molar-refractivity contribution in [1.29, 1.82) is 0 Å². The average molecular weight is 685 g/mol. The lowest BCUT2D eigenvalue weighted by atomic mass is 10.1. The maximum absolute atomic E-state index is 5.43. The van der Waals surface area contributed by atoms with Crippen LogP contribution in [0.4, 0.5) is 0 Å². The summed E-state index contributed by atoms with van der Waals surface area (Å²) in [6, 6.07) is 19.5. The smallest absolute Gasteiger partial charge is 0.116 e. The predicted octanol–water partition coefficient (Wildman–Crippen LogP) is 5.82. The van der Waals surface area contributed by atoms with Gasteiger partial charge in [0.05, 0.1) is 37.8 Å². The number of hydrogen-bond acceptors (Lipinski definition) is 8. The molecular weight excluding hydrogens is 648 g/mol. The lowest BCUT2D eigenvalue weighted by molar-refractivity contribution is 0.0409. The van der Waals surface area contributed by atoms with E-state index in [4.69, 9.17) is 9.47 Å². The van der Waals surface area contributed by atoms with E-state index in [-0.39, 0.29) is 34.0 Å². The van der Waals surface area contributed by atoms with Crippen molar-refractivity contribution in [3.05, 3.63) is 60.9 Å². The fraction of sp³-hybridized carbons (Fsp3) is 0.429. The molecule has 3 heterocycles. The molecule has 3 aromatic rings. The Balaban J connectivity index is 0.00000200. The normalized spacial score (nSPS) is 16.4. The van der Waals surface area contributed by atoms with Gasteiger partial charge in [-0.05, 0) is 30.3 Å². The molecule has 2 aliphatic rings. The molecule has 5 rings (SSSR count). The zero-order valence-electron chi connectivity index (χ0n) is 21.5. The first-order valence-electron chi connectivity index (χ1n) is 12.7. The molecule has 10 heteroatoms. The van der Waals surface area contributed by atoms with Crippen molar-refractivity contribution < 1.29 is 9.47 Å². The molecule has 0 N–H and O–H groups in total. The summed E-state index contributed by atoms with van der Waals surface area (Å²) in [5, 5.41) is 0. The van der Waals surface area contributed by atoms with E-state index in [1.54, 1.807) is 6.33 Å². The third kappa shape index (κ3) is 9.59. The number of benzene rings is 2. The van der Waals surface area contributed by atoms with Crippen LogP contribution in [0.15, 0.2) is 70.7 Å². The van der Waals surface area contributed by atoms with Crippen LogP contribution in [0.2, 0.25) is 0 Å². The maximum Gasteiger partial charge on any atom is 0.116 e. The number of thioether (sulfide) groups is 2. The third-order valence-electron chi connectivity index (χ3n) is 6.53. The van der Waals surface area contributed by atoms with E-state index in [1.807, 2.05) is 23.5 Å². The van der Waals surface area contributed by atoms with Crippen LogP contribution in [0, 0.1) is 0 Å². The van der Waals surface area contributed by atoms with Crippen molar-refractivity contribution >= 4 is 57.5 Å². The molecule has 2 aromatic carbocycles. The first-order valence-corrected chi connectivity index (χ1v) is 14.7. The zero-order valence-corrected chi connectivity index (χ0v) is 26.6. The molecule has 0 spiro atoms. The monoisotopic (exact) mass is 682 g/mol. The largest absolute Gasteiger partial charge is 0.379 e. The summed E-state index contributed by atoms with van der Waals surface area (Å²) in [4.78, 5) is 16.6. The lowest BCUT2D eigenvalue weighted by Gasteiger charge is -2.26. The number of hydrogen-bond donors (Lipinski definition) is 0. The SMILES string of the molecule is Br.Br.c1nc(-c2ccc(SCCN3CCOCC3)cc2)cc(-c2ccc(SCCN3CCOCC3)cc2)n1. The molecule has 2 fully saturated rings. The number of aromatic nitrogens is 2. The minimum Gasteiger partial charge on any atom is -0.379 e. The first-order chi connectivity index (χ1) is 17.8. The molecule has 0 radical (unpaired) electrons. The second kappa shape index (κ2) is 17.0. The summed E-state index contributed by atoms with van der Waals surface area (Å²) >= 11 is 3.81. The molecular formula is C28H36Br2N4O2S2. The minimum absolute atomic E-state index is 0. The number of rotatable bonds is 10. The zero-order chi connectivity index (χ0) is 24.4. The quantitative estimate of drug-likeness (QED) is 0.248. The highest BCUT2D eigenvalue weighted by Crippen LogP contribution is 2.27. The van der Waals surface area contributed by atoms with Crippen molar-refractivity contribution in [3.8, 4) is 22.5 Å². The van der Waals surface area contributed by atoms with E-state index < -0.39 is 0 Å². The number of morpholine rings is 2. The van der Waals surface area contributed by atoms with Crippen molar-refractivity contribution in [2.75, 3.05) is 77.2 Å². The molecule has 2 aliphatic heterocycles. The molecule has 0 unspecified atom stereocenters. The van der Waals surface area contributed by atoms with Crippen LogP contribution in [0.3, 0.4) is 0 Å². The topological polar surface area (TPSA) is 50.7 Å². The maximum atomic E-state index is 5.43. The summed E-state index contributed by atoms with van der Waals surface area (Å²) in [5.41, 5.74) is 4.14. The van der Waals surface area contributed by atoms with Gasteiger partial charge in [0, 0.05) is 71.7 Å². The van der Waals surface area contributed by atoms with Crippen LogP contribution in [0.25, 0.3) is 22.5 Å². The highest BCUT2D eigenvalue weighted by atomic mass is 79.9. The highest BCUT2D eigenvalue weighted by molar-refractivity contribution is 8.93. The van der Waals surface area contributed by atoms with Crippen LogP contribution in [0.5, 0.6) is 0 Å². The fourth-order valence-corrected chi connectivity index (χ4v) is 6.18. The van der Waals surface area contributed by atoms with Gasteiger partial charge in [-0.25, -0.2) is 9.97 Å². The standard InChI is InChI=1S/C28H34N4O2S2.2BrH/c1-5-25(35-19-13-31-9-15-33-16-10-31)6-2-23(1)27-21-28(30-22-29-27)24-3-7-26(8-4-24)36-20-14-32-11-17-34-18-12-32;;/h1-8,21-22H,9-20H2;2*1H. The lowest BCUT2D eigenvalue weighted by Crippen LogP contribution is -2.37. The Morgan fingerprint density at radius 1 is 0.605 bits per heavy atom. The highest BCUT2D eigenvalue weighted by Gasteiger charge is 2.11. The van der Waals surface area contributed by atoms with Crippen LogP contribution in [0.1, 0.15) is 0 Å². The summed E-state index contributed by atoms with van der Waals surface area (Å²) in [6.07, 6.45) is 1.67. The van der Waals surface area contributed by atoms with E-state index in [0.717, 1.165) is 99.7 Å². The van der Waals surface area contributed by atoms with Crippen molar-refractivity contribution in [1.82, 2.24) is 19.8 Å². The minimum atomic E-state index is 0. The van der Waals surface area contributed by atoms with Gasteiger partial charge in [0.15, 0.2) is 0 Å². The molecule has 1 aromatic heterocycles. The first kappa shape index (κ1) is 31.5. The van der Waals surface area contributed by atoms with Gasteiger partial charge in [-0.3, -0.25) is 9.80 Å². The Morgan fingerprint density at radius 2 is 1.00 bits per heavy atom. The van der Waals surface area contributed by atoms with Gasteiger partial charge in [-0.15, -0.1) is 57.5 Å². The Morgan fingerprint density at radius 3 is 1.39 bits per heavy atom. The molecule has 206 valence electrons. The molecule has 2 saturated heterocycles. The molecule has 0 saturated carbocycles. The molecule has 0 amide bonds. The Labute approximate surface area is 255 Å². The Bertz CT molecular complexity index is 998. The van der Waals surface area contributed by atoms with Crippen molar-refractivity contribution in [2.45, 2.75) is 9.79 Å². The summed E-state index contributed by atoms with van der Waals surface area (Å²) in [7, 11) is 0. The van der Waals surface area contributed by atoms with E-state index in [9.17, 15) is 0 Å². The van der Waals surface area contributed by atoms with E-state index in [0.29, 0.717) is 0 Å².